The molecule has 0 radical (unpaired) electrons. The first-order valence-electron chi connectivity index (χ1n) is 11.6. The molecule has 3 atom stereocenters. The van der Waals surface area contributed by atoms with E-state index in [2.05, 4.69) is 32.1 Å². The van der Waals surface area contributed by atoms with Crippen molar-refractivity contribution in [3.63, 3.8) is 0 Å². The number of H-pyrrole nitrogens is 1. The Bertz CT molecular complexity index is 807. The fourth-order valence-corrected chi connectivity index (χ4v) is 5.38. The number of aromatic nitrogens is 2. The summed E-state index contributed by atoms with van der Waals surface area (Å²) >= 11 is 0. The molecule has 0 unspecified atom stereocenters. The van der Waals surface area contributed by atoms with Gasteiger partial charge in [-0.2, -0.15) is 0 Å². The number of hydrogen-bond donors (Lipinski definition) is 2. The normalized spacial score (nSPS) is 27.6. The number of aromatic amines is 1. The third-order valence-corrected chi connectivity index (χ3v) is 7.33. The van der Waals surface area contributed by atoms with Gasteiger partial charge < -0.3 is 19.9 Å². The predicted molar refractivity (Wildman–Crippen MR) is 116 cm³/mol. The van der Waals surface area contributed by atoms with E-state index in [0.29, 0.717) is 51.9 Å². The number of likely N-dealkylation sites (tertiary alicyclic amines) is 2. The number of likely N-dealkylation sites (N-methyl/N-ethyl adjacent to an activating group) is 1. The van der Waals surface area contributed by atoms with Crippen LogP contribution in [-0.4, -0.2) is 101 Å². The van der Waals surface area contributed by atoms with Crippen LogP contribution in [0.1, 0.15) is 37.9 Å². The van der Waals surface area contributed by atoms with Gasteiger partial charge in [-0.1, -0.05) is 0 Å². The first-order valence-corrected chi connectivity index (χ1v) is 11.6. The zero-order chi connectivity index (χ0) is 22.7. The zero-order valence-corrected chi connectivity index (χ0v) is 19.0. The summed E-state index contributed by atoms with van der Waals surface area (Å²) in [6.07, 6.45) is 6.91. The number of ether oxygens (including phenoxy) is 1. The molecule has 0 aromatic carbocycles. The zero-order valence-electron chi connectivity index (χ0n) is 19.0. The van der Waals surface area contributed by atoms with E-state index < -0.39 is 0 Å². The molecule has 3 aliphatic heterocycles. The van der Waals surface area contributed by atoms with Gasteiger partial charge in [0.15, 0.2) is 0 Å². The first kappa shape index (κ1) is 22.7. The van der Waals surface area contributed by atoms with Crippen molar-refractivity contribution in [3.05, 3.63) is 18.2 Å². The van der Waals surface area contributed by atoms with E-state index in [-0.39, 0.29) is 41.8 Å². The molecule has 1 aromatic heterocycles. The molecule has 0 aliphatic carbocycles. The summed E-state index contributed by atoms with van der Waals surface area (Å²) < 4.78 is 4.82. The lowest BCUT2D eigenvalue weighted by Gasteiger charge is -2.34. The number of esters is 1. The van der Waals surface area contributed by atoms with E-state index in [0.717, 1.165) is 18.8 Å². The maximum atomic E-state index is 12.9. The van der Waals surface area contributed by atoms with Gasteiger partial charge in [-0.05, 0) is 32.7 Å². The topological polar surface area (TPSA) is 111 Å². The summed E-state index contributed by atoms with van der Waals surface area (Å²) in [4.78, 5) is 51.1. The lowest BCUT2D eigenvalue weighted by atomic mass is 9.96. The number of carbonyl (C=O) groups excluding carboxylic acids is 3. The van der Waals surface area contributed by atoms with Gasteiger partial charge in [-0.15, -0.1) is 0 Å². The van der Waals surface area contributed by atoms with Crippen molar-refractivity contribution >= 4 is 17.8 Å². The Hall–Kier alpha value is -2.46. The molecule has 3 saturated heterocycles. The van der Waals surface area contributed by atoms with E-state index in [4.69, 9.17) is 4.74 Å². The molecule has 176 valence electrons. The lowest BCUT2D eigenvalue weighted by Crippen LogP contribution is -2.49. The number of nitrogens with one attached hydrogen (secondary N) is 2. The monoisotopic (exact) mass is 446 g/mol. The van der Waals surface area contributed by atoms with Gasteiger partial charge in [-0.25, -0.2) is 4.98 Å². The van der Waals surface area contributed by atoms with Gasteiger partial charge in [0.1, 0.15) is 11.9 Å². The minimum absolute atomic E-state index is 0.0598. The van der Waals surface area contributed by atoms with Crippen molar-refractivity contribution in [2.75, 3.05) is 40.3 Å². The fraction of sp³-hybridized carbons (Fsp3) is 0.727. The summed E-state index contributed by atoms with van der Waals surface area (Å²) in [5, 5.41) is 3.10. The molecule has 2 N–H and O–H groups in total. The Kier molecular flexibility index (Phi) is 7.10. The first-order chi connectivity index (χ1) is 15.5. The van der Waals surface area contributed by atoms with Crippen LogP contribution in [-0.2, 0) is 25.7 Å². The highest BCUT2D eigenvalue weighted by atomic mass is 16.5. The molecule has 0 saturated carbocycles. The van der Waals surface area contributed by atoms with Crippen molar-refractivity contribution < 1.29 is 19.1 Å². The van der Waals surface area contributed by atoms with Crippen molar-refractivity contribution in [3.8, 4) is 0 Å². The Labute approximate surface area is 188 Å². The second kappa shape index (κ2) is 9.99. The van der Waals surface area contributed by atoms with Crippen LogP contribution < -0.4 is 5.32 Å². The highest BCUT2D eigenvalue weighted by Gasteiger charge is 2.45. The molecule has 3 aliphatic rings. The minimum Gasteiger partial charge on any atom is -0.469 e. The third kappa shape index (κ3) is 4.80. The van der Waals surface area contributed by atoms with Crippen LogP contribution >= 0.6 is 0 Å². The SMILES string of the molecule is COC(=O)C1CCN(C(=O)CC[C@H]2CNC(=O)[C@@H]3[C@@H](CCN3Cc3ncc[nH]3)N2C)CC1. The molecule has 3 fully saturated rings. The van der Waals surface area contributed by atoms with Crippen molar-refractivity contribution in [2.45, 2.75) is 56.8 Å². The Morgan fingerprint density at radius 3 is 2.69 bits per heavy atom. The average Bonchev–Trinajstić information content (AvgIpc) is 3.46. The van der Waals surface area contributed by atoms with Gasteiger partial charge in [0.25, 0.3) is 0 Å². The second-order valence-corrected chi connectivity index (χ2v) is 9.09. The summed E-state index contributed by atoms with van der Waals surface area (Å²) in [6, 6.07) is 0.0422. The molecule has 10 nitrogen and oxygen atoms in total. The van der Waals surface area contributed by atoms with Crippen LogP contribution in [0.25, 0.3) is 0 Å². The van der Waals surface area contributed by atoms with Crippen LogP contribution in [0.2, 0.25) is 0 Å². The number of methoxy groups -OCH3 is 1. The molecule has 1 aromatic rings. The quantitative estimate of drug-likeness (QED) is 0.591. The van der Waals surface area contributed by atoms with Crippen LogP contribution in [0.3, 0.4) is 0 Å². The molecule has 32 heavy (non-hydrogen) atoms. The van der Waals surface area contributed by atoms with Gasteiger partial charge in [0.2, 0.25) is 11.8 Å². The summed E-state index contributed by atoms with van der Waals surface area (Å²) in [6.45, 7) is 3.22. The molecule has 2 amide bonds. The fourth-order valence-electron chi connectivity index (χ4n) is 5.38. The lowest BCUT2D eigenvalue weighted by molar-refractivity contribution is -0.149. The number of nitrogens with zero attached hydrogens (tertiary/aromatic N) is 4. The number of fused-ring (bicyclic) bond motifs is 1. The van der Waals surface area contributed by atoms with Gasteiger partial charge in [0.05, 0.1) is 19.6 Å². The maximum Gasteiger partial charge on any atom is 0.308 e. The largest absolute Gasteiger partial charge is 0.469 e. The third-order valence-electron chi connectivity index (χ3n) is 7.33. The van der Waals surface area contributed by atoms with Crippen LogP contribution in [0.5, 0.6) is 0 Å². The van der Waals surface area contributed by atoms with Crippen LogP contribution in [0.4, 0.5) is 0 Å². The van der Waals surface area contributed by atoms with Crippen molar-refractivity contribution in [2.24, 2.45) is 5.92 Å². The molecular weight excluding hydrogens is 412 g/mol. The van der Waals surface area contributed by atoms with Gasteiger partial charge in [0, 0.05) is 57.1 Å². The van der Waals surface area contributed by atoms with Crippen LogP contribution in [0.15, 0.2) is 12.4 Å². The average molecular weight is 447 g/mol. The van der Waals surface area contributed by atoms with E-state index in [1.165, 1.54) is 7.11 Å². The summed E-state index contributed by atoms with van der Waals surface area (Å²) in [7, 11) is 3.48. The maximum absolute atomic E-state index is 12.9. The highest BCUT2D eigenvalue weighted by molar-refractivity contribution is 5.83. The molecule has 0 spiro atoms. The number of hydrogen-bond acceptors (Lipinski definition) is 7. The number of piperidine rings is 1. The van der Waals surface area contributed by atoms with E-state index in [1.54, 1.807) is 12.4 Å². The molecule has 4 rings (SSSR count). The van der Waals surface area contributed by atoms with Gasteiger partial charge >= 0.3 is 5.97 Å². The minimum atomic E-state index is -0.205. The summed E-state index contributed by atoms with van der Waals surface area (Å²) in [5.74, 6) is 0.767. The Balaban J connectivity index is 1.30. The second-order valence-electron chi connectivity index (χ2n) is 9.09. The van der Waals surface area contributed by atoms with Crippen LogP contribution in [0, 0.1) is 5.92 Å². The Morgan fingerprint density at radius 1 is 1.22 bits per heavy atom. The van der Waals surface area contributed by atoms with E-state index >= 15 is 0 Å². The number of imidazole rings is 1. The van der Waals surface area contributed by atoms with Crippen molar-refractivity contribution in [1.82, 2.24) is 30.0 Å². The highest BCUT2D eigenvalue weighted by Crippen LogP contribution is 2.28. The molecular formula is C22H34N6O4. The smallest absolute Gasteiger partial charge is 0.308 e. The van der Waals surface area contributed by atoms with E-state index in [1.807, 2.05) is 4.90 Å². The summed E-state index contributed by atoms with van der Waals surface area (Å²) in [5.41, 5.74) is 0. The number of amides is 2. The standard InChI is InChI=1S/C22H34N6O4/c1-26-16(3-4-19(29)27-10-5-15(6-11-27)22(31)32-2)13-25-21(30)20-17(26)7-12-28(20)14-18-23-8-9-24-18/h8-9,15-17,20H,3-7,10-14H2,1-2H3,(H,23,24)(H,25,30)/t16-,17+,20-/m0/s1. The van der Waals surface area contributed by atoms with Gasteiger partial charge in [-0.3, -0.25) is 24.2 Å². The Morgan fingerprint density at radius 2 is 2.00 bits per heavy atom. The molecule has 4 heterocycles. The molecule has 10 heteroatoms. The molecule has 0 bridgehead atoms. The predicted octanol–water partition coefficient (Wildman–Crippen LogP) is -0.0254. The van der Waals surface area contributed by atoms with E-state index in [9.17, 15) is 14.4 Å². The number of rotatable bonds is 6. The van der Waals surface area contributed by atoms with Crippen molar-refractivity contribution in [1.29, 1.82) is 0 Å². The number of carbonyl (C=O) groups is 3.